The van der Waals surface area contributed by atoms with E-state index in [9.17, 15) is 4.79 Å². The van der Waals surface area contributed by atoms with Crippen LogP contribution in [0.4, 0.5) is 0 Å². The van der Waals surface area contributed by atoms with E-state index in [0.29, 0.717) is 6.42 Å². The first kappa shape index (κ1) is 16.8. The average molecular weight is 222 g/mol. The number of rotatable bonds is 7. The molecule has 0 amide bonds. The van der Waals surface area contributed by atoms with E-state index in [4.69, 9.17) is 20.4 Å². The molecule has 0 saturated carbocycles. The lowest BCUT2D eigenvalue weighted by Crippen LogP contribution is -2.15. The second-order valence-corrected chi connectivity index (χ2v) is 3.22. The van der Waals surface area contributed by atoms with Crippen LogP contribution in [0.15, 0.2) is 0 Å². The molecule has 0 radical (unpaired) electrons. The number of hydrogen-bond acceptors (Lipinski definition) is 4. The summed E-state index contributed by atoms with van der Waals surface area (Å²) in [5.74, 6) is -0.675. The molecule has 0 rings (SSSR count). The Morgan fingerprint density at radius 3 is 1.93 bits per heavy atom. The van der Waals surface area contributed by atoms with Gasteiger partial charge in [-0.2, -0.15) is 0 Å². The zero-order valence-electron chi connectivity index (χ0n) is 9.22. The van der Waals surface area contributed by atoms with E-state index in [1.807, 2.05) is 0 Å². The van der Waals surface area contributed by atoms with Crippen molar-refractivity contribution in [1.29, 1.82) is 0 Å². The van der Waals surface area contributed by atoms with Gasteiger partial charge in [0.15, 0.2) is 0 Å². The maximum Gasteiger partial charge on any atom is 0.303 e. The molecule has 0 saturated heterocycles. The Bertz CT molecular complexity index is 134. The number of aliphatic hydroxyl groups excluding tert-OH is 3. The van der Waals surface area contributed by atoms with E-state index in [-0.39, 0.29) is 13.2 Å². The predicted octanol–water partition coefficient (Wildman–Crippen LogP) is 0.373. The third kappa shape index (κ3) is 19.7. The Hall–Kier alpha value is -0.650. The molecule has 0 bridgehead atoms. The van der Waals surface area contributed by atoms with E-state index in [0.717, 1.165) is 19.3 Å². The number of aliphatic carboxylic acids is 1. The lowest BCUT2D eigenvalue weighted by Gasteiger charge is -1.96. The Balaban J connectivity index is 0. The van der Waals surface area contributed by atoms with Gasteiger partial charge in [-0.3, -0.25) is 4.79 Å². The Morgan fingerprint density at radius 1 is 1.13 bits per heavy atom. The molecule has 0 aromatic heterocycles. The molecule has 15 heavy (non-hydrogen) atoms. The van der Waals surface area contributed by atoms with Gasteiger partial charge in [0.1, 0.15) is 6.10 Å². The fourth-order valence-corrected chi connectivity index (χ4v) is 0.761. The van der Waals surface area contributed by atoms with Crippen molar-refractivity contribution in [2.45, 2.75) is 45.1 Å². The maximum atomic E-state index is 9.96. The summed E-state index contributed by atoms with van der Waals surface area (Å²) in [5.41, 5.74) is 0. The van der Waals surface area contributed by atoms with Crippen molar-refractivity contribution in [2.24, 2.45) is 0 Å². The Kier molecular flexibility index (Phi) is 14.9. The van der Waals surface area contributed by atoms with Gasteiger partial charge in [0.05, 0.1) is 13.2 Å². The second kappa shape index (κ2) is 13.4. The number of carbonyl (C=O) groups is 1. The molecule has 0 aliphatic carbocycles. The van der Waals surface area contributed by atoms with Crippen molar-refractivity contribution in [3.63, 3.8) is 0 Å². The van der Waals surface area contributed by atoms with Crippen LogP contribution in [0.1, 0.15) is 39.0 Å². The van der Waals surface area contributed by atoms with Crippen LogP contribution in [0.2, 0.25) is 0 Å². The van der Waals surface area contributed by atoms with Crippen LogP contribution in [0.25, 0.3) is 0 Å². The van der Waals surface area contributed by atoms with Gasteiger partial charge >= 0.3 is 5.97 Å². The van der Waals surface area contributed by atoms with Crippen molar-refractivity contribution < 1.29 is 25.2 Å². The van der Waals surface area contributed by atoms with E-state index in [1.165, 1.54) is 6.42 Å². The third-order valence-corrected chi connectivity index (χ3v) is 1.67. The standard InChI is InChI=1S/C7H14O2.C3H8O3/c1-2-3-4-5-6-7(8)9;4-1-3(6)2-5/h2-6H2,1H3,(H,8,9);3-6H,1-2H2. The third-order valence-electron chi connectivity index (χ3n) is 1.67. The minimum atomic E-state index is -0.954. The summed E-state index contributed by atoms with van der Waals surface area (Å²) in [6, 6.07) is 0. The summed E-state index contributed by atoms with van der Waals surface area (Å²) in [6.07, 6.45) is 3.60. The van der Waals surface area contributed by atoms with Crippen LogP contribution in [-0.2, 0) is 4.79 Å². The van der Waals surface area contributed by atoms with Crippen LogP contribution < -0.4 is 0 Å². The van der Waals surface area contributed by atoms with Crippen molar-refractivity contribution in [1.82, 2.24) is 0 Å². The molecule has 0 aliphatic rings. The van der Waals surface area contributed by atoms with Gasteiger partial charge in [0.25, 0.3) is 0 Å². The number of unbranched alkanes of at least 4 members (excludes halogenated alkanes) is 3. The lowest BCUT2D eigenvalue weighted by molar-refractivity contribution is -0.137. The molecule has 0 heterocycles. The van der Waals surface area contributed by atoms with E-state index < -0.39 is 12.1 Å². The van der Waals surface area contributed by atoms with Crippen LogP contribution >= 0.6 is 0 Å². The Morgan fingerprint density at radius 2 is 1.67 bits per heavy atom. The normalized spacial score (nSPS) is 9.67. The molecular weight excluding hydrogens is 200 g/mol. The minimum absolute atomic E-state index is 0.333. The predicted molar refractivity (Wildman–Crippen MR) is 56.6 cm³/mol. The average Bonchev–Trinajstić information content (AvgIpc) is 2.24. The van der Waals surface area contributed by atoms with E-state index in [1.54, 1.807) is 0 Å². The molecular formula is C10H22O5. The molecule has 0 aliphatic heterocycles. The number of carboxylic acid groups (broad SMARTS) is 1. The summed E-state index contributed by atoms with van der Waals surface area (Å²) >= 11 is 0. The van der Waals surface area contributed by atoms with Gasteiger partial charge in [-0.15, -0.1) is 0 Å². The summed E-state index contributed by atoms with van der Waals surface area (Å²) in [4.78, 5) is 9.96. The van der Waals surface area contributed by atoms with Gasteiger partial charge in [-0.25, -0.2) is 0 Å². The monoisotopic (exact) mass is 222 g/mol. The molecule has 92 valence electrons. The molecule has 0 aromatic carbocycles. The fourth-order valence-electron chi connectivity index (χ4n) is 0.761. The molecule has 4 N–H and O–H groups in total. The highest BCUT2D eigenvalue weighted by Gasteiger charge is 1.94. The van der Waals surface area contributed by atoms with Crippen molar-refractivity contribution in [3.05, 3.63) is 0 Å². The number of carboxylic acids is 1. The molecule has 0 fully saturated rings. The maximum absolute atomic E-state index is 9.96. The van der Waals surface area contributed by atoms with Crippen LogP contribution in [0, 0.1) is 0 Å². The van der Waals surface area contributed by atoms with Gasteiger partial charge < -0.3 is 20.4 Å². The smallest absolute Gasteiger partial charge is 0.303 e. The largest absolute Gasteiger partial charge is 0.481 e. The van der Waals surface area contributed by atoms with Gasteiger partial charge in [0.2, 0.25) is 0 Å². The highest BCUT2D eigenvalue weighted by Crippen LogP contribution is 2.01. The van der Waals surface area contributed by atoms with Crippen molar-refractivity contribution in [3.8, 4) is 0 Å². The first-order chi connectivity index (χ1) is 7.08. The molecule has 0 aromatic rings. The van der Waals surface area contributed by atoms with Crippen LogP contribution in [0.5, 0.6) is 0 Å². The molecule has 0 spiro atoms. The highest BCUT2D eigenvalue weighted by atomic mass is 16.4. The minimum Gasteiger partial charge on any atom is -0.481 e. The summed E-state index contributed by atoms with van der Waals surface area (Å²) in [7, 11) is 0. The summed E-state index contributed by atoms with van der Waals surface area (Å²) in [5, 5.41) is 32.2. The van der Waals surface area contributed by atoms with Crippen molar-refractivity contribution in [2.75, 3.05) is 13.2 Å². The van der Waals surface area contributed by atoms with Gasteiger partial charge in [-0.05, 0) is 6.42 Å². The molecule has 0 atom stereocenters. The SMILES string of the molecule is CCCCCCC(=O)O.OCC(O)CO. The Labute approximate surface area is 90.4 Å². The quantitative estimate of drug-likeness (QED) is 0.467. The van der Waals surface area contributed by atoms with Crippen LogP contribution in [0.3, 0.4) is 0 Å². The summed E-state index contributed by atoms with van der Waals surface area (Å²) < 4.78 is 0. The topological polar surface area (TPSA) is 98.0 Å². The zero-order chi connectivity index (χ0) is 12.1. The highest BCUT2D eigenvalue weighted by molar-refractivity contribution is 5.66. The molecule has 5 nitrogen and oxygen atoms in total. The lowest BCUT2D eigenvalue weighted by atomic mass is 10.2. The van der Waals surface area contributed by atoms with Gasteiger partial charge in [0, 0.05) is 6.42 Å². The van der Waals surface area contributed by atoms with E-state index >= 15 is 0 Å². The van der Waals surface area contributed by atoms with Crippen molar-refractivity contribution >= 4 is 5.97 Å². The fraction of sp³-hybridized carbons (Fsp3) is 0.900. The van der Waals surface area contributed by atoms with E-state index in [2.05, 4.69) is 6.92 Å². The second-order valence-electron chi connectivity index (χ2n) is 3.22. The summed E-state index contributed by atoms with van der Waals surface area (Å²) in [6.45, 7) is 1.38. The van der Waals surface area contributed by atoms with Gasteiger partial charge in [-0.1, -0.05) is 26.2 Å². The zero-order valence-corrected chi connectivity index (χ0v) is 9.22. The number of hydrogen-bond donors (Lipinski definition) is 4. The first-order valence-electron chi connectivity index (χ1n) is 5.20. The number of aliphatic hydroxyl groups is 3. The van der Waals surface area contributed by atoms with Crippen LogP contribution in [-0.4, -0.2) is 45.7 Å². The molecule has 0 unspecified atom stereocenters. The first-order valence-corrected chi connectivity index (χ1v) is 5.20. The molecule has 5 heteroatoms.